The number of nitrogens with zero attached hydrogens (tertiary/aromatic N) is 1. The fraction of sp³-hybridized carbons (Fsp3) is 0.270. The molecule has 1 aromatic heterocycles. The van der Waals surface area contributed by atoms with Gasteiger partial charge >= 0.3 is 12.1 Å². The van der Waals surface area contributed by atoms with E-state index in [1.807, 2.05) is 36.4 Å². The molecular formula is C37H39N5O7. The Morgan fingerprint density at radius 3 is 2.22 bits per heavy atom. The molecule has 0 aliphatic carbocycles. The van der Waals surface area contributed by atoms with Gasteiger partial charge in [0.05, 0.1) is 24.4 Å². The van der Waals surface area contributed by atoms with Gasteiger partial charge in [-0.25, -0.2) is 9.59 Å². The first-order valence-corrected chi connectivity index (χ1v) is 15.5. The predicted octanol–water partition coefficient (Wildman–Crippen LogP) is 4.58. The van der Waals surface area contributed by atoms with Crippen LogP contribution < -0.4 is 20.7 Å². The fourth-order valence-corrected chi connectivity index (χ4v) is 4.85. The van der Waals surface area contributed by atoms with Gasteiger partial charge in [0.1, 0.15) is 30.0 Å². The van der Waals surface area contributed by atoms with Gasteiger partial charge in [-0.15, -0.1) is 0 Å². The van der Waals surface area contributed by atoms with E-state index in [1.54, 1.807) is 63.4 Å². The van der Waals surface area contributed by atoms with Crippen LogP contribution in [0.15, 0.2) is 91.3 Å². The standard InChI is InChI=1S/C37H39N5O7/c1-23(40-34(44)31(42-36(46)49-37(2,3)4)19-27-21-39-30-9-7-6-8-29(27)30)33(43)41-32(35(45)47-5)18-24-14-16-28(17-15-24)48-22-26-12-10-25(20-38)11-13-26/h6-17,21,31-32,39H,1,18-19,22H2,2-5H3,(H,40,44)(H,41,43)(H,42,46)/t31-,32-/m0/s1. The number of hydrogen-bond acceptors (Lipinski definition) is 8. The van der Waals surface area contributed by atoms with Crippen molar-refractivity contribution in [1.29, 1.82) is 5.26 Å². The second kappa shape index (κ2) is 16.1. The van der Waals surface area contributed by atoms with E-state index in [4.69, 9.17) is 19.5 Å². The number of ether oxygens (including phenoxy) is 3. The predicted molar refractivity (Wildman–Crippen MR) is 182 cm³/mol. The zero-order valence-electron chi connectivity index (χ0n) is 27.8. The molecule has 0 aliphatic heterocycles. The Hall–Kier alpha value is -6.09. The minimum Gasteiger partial charge on any atom is -0.489 e. The normalized spacial score (nSPS) is 12.1. The molecule has 254 valence electrons. The van der Waals surface area contributed by atoms with Gasteiger partial charge in [-0.2, -0.15) is 5.26 Å². The van der Waals surface area contributed by atoms with Gasteiger partial charge in [0.25, 0.3) is 5.91 Å². The molecule has 12 nitrogen and oxygen atoms in total. The summed E-state index contributed by atoms with van der Waals surface area (Å²) in [6.07, 6.45) is 1.11. The van der Waals surface area contributed by atoms with Crippen molar-refractivity contribution in [3.8, 4) is 11.8 Å². The molecule has 3 aromatic carbocycles. The average molecular weight is 666 g/mol. The lowest BCUT2D eigenvalue weighted by molar-refractivity contribution is -0.144. The highest BCUT2D eigenvalue weighted by Gasteiger charge is 2.28. The molecule has 49 heavy (non-hydrogen) atoms. The molecule has 1 heterocycles. The molecule has 4 N–H and O–H groups in total. The van der Waals surface area contributed by atoms with Crippen LogP contribution in [-0.4, -0.2) is 53.7 Å². The topological polar surface area (TPSA) is 172 Å². The van der Waals surface area contributed by atoms with Gasteiger partial charge in [-0.3, -0.25) is 9.59 Å². The van der Waals surface area contributed by atoms with Gasteiger partial charge in [-0.1, -0.05) is 49.0 Å². The van der Waals surface area contributed by atoms with Crippen molar-refractivity contribution in [3.05, 3.63) is 114 Å². The summed E-state index contributed by atoms with van der Waals surface area (Å²) in [6, 6.07) is 21.4. The lowest BCUT2D eigenvalue weighted by atomic mass is 10.0. The second-order valence-electron chi connectivity index (χ2n) is 12.2. The minimum absolute atomic E-state index is 0.0823. The number of methoxy groups -OCH3 is 1. The Labute approximate surface area is 284 Å². The number of aromatic amines is 1. The number of H-pyrrole nitrogens is 1. The Kier molecular flexibility index (Phi) is 11.8. The summed E-state index contributed by atoms with van der Waals surface area (Å²) in [5.74, 6) is -1.63. The number of aromatic nitrogens is 1. The molecule has 0 radical (unpaired) electrons. The van der Waals surface area contributed by atoms with Crippen molar-refractivity contribution >= 4 is 34.8 Å². The maximum absolute atomic E-state index is 13.4. The summed E-state index contributed by atoms with van der Waals surface area (Å²) < 4.78 is 16.1. The Bertz CT molecular complexity index is 1850. The van der Waals surface area contributed by atoms with Crippen LogP contribution in [0, 0.1) is 11.3 Å². The lowest BCUT2D eigenvalue weighted by Gasteiger charge is -2.24. The van der Waals surface area contributed by atoms with Gasteiger partial charge in [-0.05, 0) is 67.8 Å². The number of alkyl carbamates (subject to hydrolysis) is 1. The second-order valence-corrected chi connectivity index (χ2v) is 12.2. The number of fused-ring (bicyclic) bond motifs is 1. The van der Waals surface area contributed by atoms with Crippen LogP contribution in [0.3, 0.4) is 0 Å². The number of amides is 3. The van der Waals surface area contributed by atoms with Gasteiger partial charge < -0.3 is 35.1 Å². The van der Waals surface area contributed by atoms with Crippen LogP contribution in [0.5, 0.6) is 5.75 Å². The van der Waals surface area contributed by atoms with E-state index in [1.165, 1.54) is 7.11 Å². The summed E-state index contributed by atoms with van der Waals surface area (Å²) in [5, 5.41) is 17.5. The first-order chi connectivity index (χ1) is 23.3. The third kappa shape index (κ3) is 10.5. The Morgan fingerprint density at radius 1 is 0.898 bits per heavy atom. The zero-order chi connectivity index (χ0) is 35.6. The molecule has 0 saturated heterocycles. The number of hydrogen-bond donors (Lipinski definition) is 4. The van der Waals surface area contributed by atoms with E-state index in [0.29, 0.717) is 23.5 Å². The van der Waals surface area contributed by atoms with Crippen LogP contribution in [0.1, 0.15) is 43.0 Å². The van der Waals surface area contributed by atoms with E-state index in [-0.39, 0.29) is 18.5 Å². The van der Waals surface area contributed by atoms with Gasteiger partial charge in [0, 0.05) is 29.9 Å². The number of esters is 1. The van der Waals surface area contributed by atoms with Gasteiger partial charge in [0.2, 0.25) is 5.91 Å². The molecule has 2 atom stereocenters. The van der Waals surface area contributed by atoms with Crippen molar-refractivity contribution in [2.24, 2.45) is 0 Å². The van der Waals surface area contributed by atoms with E-state index in [0.717, 1.165) is 22.0 Å². The highest BCUT2D eigenvalue weighted by Crippen LogP contribution is 2.20. The van der Waals surface area contributed by atoms with Crippen LogP contribution >= 0.6 is 0 Å². The van der Waals surface area contributed by atoms with Crippen LogP contribution in [0.2, 0.25) is 0 Å². The molecule has 12 heteroatoms. The van der Waals surface area contributed by atoms with Crippen molar-refractivity contribution in [2.75, 3.05) is 7.11 Å². The molecular weight excluding hydrogens is 626 g/mol. The number of nitrogens with one attached hydrogen (secondary N) is 4. The lowest BCUT2D eigenvalue weighted by Crippen LogP contribution is -2.51. The number of carbonyl (C=O) groups excluding carboxylic acids is 4. The molecule has 0 fully saturated rings. The molecule has 3 amide bonds. The third-order valence-electron chi connectivity index (χ3n) is 7.30. The smallest absolute Gasteiger partial charge is 0.408 e. The molecule has 0 saturated carbocycles. The van der Waals surface area contributed by atoms with E-state index < -0.39 is 41.6 Å². The summed E-state index contributed by atoms with van der Waals surface area (Å²) in [6.45, 7) is 9.10. The maximum atomic E-state index is 13.4. The van der Waals surface area contributed by atoms with E-state index >= 15 is 0 Å². The zero-order valence-corrected chi connectivity index (χ0v) is 27.8. The van der Waals surface area contributed by atoms with Crippen LogP contribution in [-0.2, 0) is 43.3 Å². The number of rotatable bonds is 13. The largest absolute Gasteiger partial charge is 0.489 e. The Balaban J connectivity index is 1.39. The highest BCUT2D eigenvalue weighted by atomic mass is 16.6. The maximum Gasteiger partial charge on any atom is 0.408 e. The monoisotopic (exact) mass is 665 g/mol. The molecule has 0 unspecified atom stereocenters. The molecule has 4 rings (SSSR count). The van der Waals surface area contributed by atoms with Crippen molar-refractivity contribution < 1.29 is 33.4 Å². The molecule has 0 aliphatic rings. The molecule has 4 aromatic rings. The first-order valence-electron chi connectivity index (χ1n) is 15.5. The number of nitriles is 1. The third-order valence-corrected chi connectivity index (χ3v) is 7.30. The molecule has 0 bridgehead atoms. The van der Waals surface area contributed by atoms with E-state index in [2.05, 4.69) is 33.6 Å². The SMILES string of the molecule is C=C(NC(=O)[C@H](Cc1c[nH]c2ccccc12)NC(=O)OC(C)(C)C)C(=O)N[C@@H](Cc1ccc(OCc2ccc(C#N)cc2)cc1)C(=O)OC. The first kappa shape index (κ1) is 35.8. The van der Waals surface area contributed by atoms with Crippen LogP contribution in [0.4, 0.5) is 4.79 Å². The summed E-state index contributed by atoms with van der Waals surface area (Å²) >= 11 is 0. The fourth-order valence-electron chi connectivity index (χ4n) is 4.85. The number of carbonyl (C=O) groups is 4. The van der Waals surface area contributed by atoms with E-state index in [9.17, 15) is 19.2 Å². The Morgan fingerprint density at radius 2 is 1.57 bits per heavy atom. The summed E-state index contributed by atoms with van der Waals surface area (Å²) in [7, 11) is 1.20. The average Bonchev–Trinajstić information content (AvgIpc) is 3.48. The summed E-state index contributed by atoms with van der Waals surface area (Å²) in [5.41, 5.74) is 2.64. The van der Waals surface area contributed by atoms with Crippen molar-refractivity contribution in [1.82, 2.24) is 20.9 Å². The highest BCUT2D eigenvalue weighted by molar-refractivity contribution is 6.00. The quantitative estimate of drug-likeness (QED) is 0.119. The van der Waals surface area contributed by atoms with Crippen LogP contribution in [0.25, 0.3) is 10.9 Å². The van der Waals surface area contributed by atoms with Crippen molar-refractivity contribution in [3.63, 3.8) is 0 Å². The number of para-hydroxylation sites is 1. The van der Waals surface area contributed by atoms with Gasteiger partial charge in [0.15, 0.2) is 0 Å². The van der Waals surface area contributed by atoms with Crippen molar-refractivity contribution in [2.45, 2.75) is 57.9 Å². The number of benzene rings is 3. The minimum atomic E-state index is -1.13. The molecule has 0 spiro atoms. The summed E-state index contributed by atoms with van der Waals surface area (Å²) in [4.78, 5) is 55.0.